The molecular weight excluding hydrogens is 390 g/mol. The summed E-state index contributed by atoms with van der Waals surface area (Å²) in [6.45, 7) is 6.67. The fourth-order valence-electron chi connectivity index (χ4n) is 4.50. The lowest BCUT2D eigenvalue weighted by Crippen LogP contribution is -2.31. The van der Waals surface area contributed by atoms with E-state index in [1.54, 1.807) is 6.07 Å². The van der Waals surface area contributed by atoms with E-state index in [9.17, 15) is 4.79 Å². The van der Waals surface area contributed by atoms with Crippen LogP contribution in [0.5, 0.6) is 5.75 Å². The number of nitrogens with zero attached hydrogens (tertiary/aromatic N) is 2. The van der Waals surface area contributed by atoms with Crippen molar-refractivity contribution in [2.24, 2.45) is 5.92 Å². The predicted octanol–water partition coefficient (Wildman–Crippen LogP) is 4.04. The van der Waals surface area contributed by atoms with Gasteiger partial charge in [-0.25, -0.2) is 4.98 Å². The van der Waals surface area contributed by atoms with E-state index in [4.69, 9.17) is 9.47 Å². The maximum absolute atomic E-state index is 12.5. The zero-order valence-electron chi connectivity index (χ0n) is 18.5. The monoisotopic (exact) mass is 425 g/mol. The van der Waals surface area contributed by atoms with Gasteiger partial charge < -0.3 is 19.7 Å². The minimum Gasteiger partial charge on any atom is -0.494 e. The van der Waals surface area contributed by atoms with E-state index >= 15 is 0 Å². The van der Waals surface area contributed by atoms with Gasteiger partial charge in [0.2, 0.25) is 0 Å². The number of fused-ring (bicyclic) bond motifs is 1. The number of aromatic nitrogens is 1. The molecule has 2 saturated heterocycles. The quantitative estimate of drug-likeness (QED) is 0.615. The Balaban J connectivity index is 1.23. The van der Waals surface area contributed by atoms with Gasteiger partial charge in [0.05, 0.1) is 12.1 Å². The lowest BCUT2D eigenvalue weighted by Gasteiger charge is -2.26. The first-order valence-electron chi connectivity index (χ1n) is 11.9. The SMILES string of the molecule is O=C(NCCC1CCOCC1)c1ccc2cc(OCCCN3CCCCC3)ccc2n1. The normalized spacial score (nSPS) is 18.2. The number of carbonyl (C=O) groups excluding carboxylic acids is 1. The zero-order valence-corrected chi connectivity index (χ0v) is 18.5. The Hall–Kier alpha value is -2.18. The van der Waals surface area contributed by atoms with Crippen LogP contribution in [0.15, 0.2) is 30.3 Å². The van der Waals surface area contributed by atoms with E-state index in [1.165, 1.54) is 32.4 Å². The third kappa shape index (κ3) is 6.65. The summed E-state index contributed by atoms with van der Waals surface area (Å²) in [4.78, 5) is 19.6. The number of pyridine rings is 1. The number of ether oxygens (including phenoxy) is 2. The molecule has 0 radical (unpaired) electrons. The van der Waals surface area contributed by atoms with Crippen LogP contribution in [0.4, 0.5) is 0 Å². The minimum atomic E-state index is -0.105. The molecule has 1 aromatic heterocycles. The van der Waals surface area contributed by atoms with Crippen molar-refractivity contribution in [1.82, 2.24) is 15.2 Å². The molecule has 3 heterocycles. The average molecular weight is 426 g/mol. The highest BCUT2D eigenvalue weighted by Crippen LogP contribution is 2.21. The number of carbonyl (C=O) groups is 1. The van der Waals surface area contributed by atoms with Gasteiger partial charge in [-0.3, -0.25) is 4.79 Å². The van der Waals surface area contributed by atoms with Gasteiger partial charge in [0, 0.05) is 31.7 Å². The highest BCUT2D eigenvalue weighted by Gasteiger charge is 2.15. The van der Waals surface area contributed by atoms with Crippen molar-refractivity contribution in [3.8, 4) is 5.75 Å². The van der Waals surface area contributed by atoms with Crippen LogP contribution in [-0.2, 0) is 4.74 Å². The molecule has 0 saturated carbocycles. The Kier molecular flexibility index (Phi) is 8.13. The van der Waals surface area contributed by atoms with Gasteiger partial charge in [-0.05, 0) is 81.8 Å². The zero-order chi connectivity index (χ0) is 21.3. The molecule has 4 rings (SSSR count). The number of benzene rings is 1. The first kappa shape index (κ1) is 22.0. The van der Waals surface area contributed by atoms with Gasteiger partial charge in [0.15, 0.2) is 0 Å². The summed E-state index contributed by atoms with van der Waals surface area (Å²) >= 11 is 0. The Labute approximate surface area is 185 Å². The molecule has 168 valence electrons. The van der Waals surface area contributed by atoms with Crippen molar-refractivity contribution >= 4 is 16.8 Å². The largest absolute Gasteiger partial charge is 0.494 e. The summed E-state index contributed by atoms with van der Waals surface area (Å²) in [5, 5.41) is 4.01. The first-order valence-corrected chi connectivity index (χ1v) is 11.9. The number of piperidine rings is 1. The lowest BCUT2D eigenvalue weighted by atomic mass is 9.97. The number of rotatable bonds is 9. The third-order valence-electron chi connectivity index (χ3n) is 6.41. The fraction of sp³-hybridized carbons (Fsp3) is 0.600. The standard InChI is InChI=1S/C25H35N3O3/c29-25(26-12-9-20-10-17-30-18-11-20)24-7-5-21-19-22(6-8-23(21)27-24)31-16-4-15-28-13-2-1-3-14-28/h5-8,19-20H,1-4,9-18H2,(H,26,29). The summed E-state index contributed by atoms with van der Waals surface area (Å²) in [7, 11) is 0. The number of nitrogens with one attached hydrogen (secondary N) is 1. The van der Waals surface area contributed by atoms with Crippen LogP contribution in [0.3, 0.4) is 0 Å². The van der Waals surface area contributed by atoms with Crippen molar-refractivity contribution in [2.45, 2.75) is 44.9 Å². The number of likely N-dealkylation sites (tertiary alicyclic amines) is 1. The van der Waals surface area contributed by atoms with Crippen molar-refractivity contribution in [1.29, 1.82) is 0 Å². The highest BCUT2D eigenvalue weighted by molar-refractivity contribution is 5.95. The molecule has 1 aromatic carbocycles. The van der Waals surface area contributed by atoms with E-state index in [2.05, 4.69) is 15.2 Å². The van der Waals surface area contributed by atoms with Gasteiger partial charge in [0.25, 0.3) is 5.91 Å². The summed E-state index contributed by atoms with van der Waals surface area (Å²) in [6, 6.07) is 9.65. The summed E-state index contributed by atoms with van der Waals surface area (Å²) < 4.78 is 11.3. The van der Waals surface area contributed by atoms with Gasteiger partial charge in [-0.1, -0.05) is 12.5 Å². The van der Waals surface area contributed by atoms with Crippen LogP contribution in [0, 0.1) is 5.92 Å². The van der Waals surface area contributed by atoms with E-state index in [-0.39, 0.29) is 5.91 Å². The fourth-order valence-corrected chi connectivity index (χ4v) is 4.50. The predicted molar refractivity (Wildman–Crippen MR) is 123 cm³/mol. The van der Waals surface area contributed by atoms with E-state index in [0.29, 0.717) is 18.2 Å². The van der Waals surface area contributed by atoms with Gasteiger partial charge in [-0.2, -0.15) is 0 Å². The van der Waals surface area contributed by atoms with Crippen LogP contribution in [0.1, 0.15) is 55.4 Å². The molecule has 2 aliphatic rings. The molecule has 2 fully saturated rings. The van der Waals surface area contributed by atoms with E-state index in [1.807, 2.05) is 24.3 Å². The lowest BCUT2D eigenvalue weighted by molar-refractivity contribution is 0.0636. The maximum Gasteiger partial charge on any atom is 0.269 e. The van der Waals surface area contributed by atoms with Crippen LogP contribution in [0.25, 0.3) is 10.9 Å². The minimum absolute atomic E-state index is 0.105. The Morgan fingerprint density at radius 1 is 1.13 bits per heavy atom. The molecule has 6 nitrogen and oxygen atoms in total. The highest BCUT2D eigenvalue weighted by atomic mass is 16.5. The molecule has 0 bridgehead atoms. The number of hydrogen-bond acceptors (Lipinski definition) is 5. The van der Waals surface area contributed by atoms with Crippen LogP contribution in [-0.4, -0.2) is 61.8 Å². The Morgan fingerprint density at radius 3 is 2.81 bits per heavy atom. The van der Waals surface area contributed by atoms with E-state index < -0.39 is 0 Å². The molecule has 0 unspecified atom stereocenters. The summed E-state index contributed by atoms with van der Waals surface area (Å²) in [5.74, 6) is 1.41. The molecule has 1 amide bonds. The summed E-state index contributed by atoms with van der Waals surface area (Å²) in [5.41, 5.74) is 1.28. The maximum atomic E-state index is 12.5. The molecule has 0 atom stereocenters. The molecular formula is C25H35N3O3. The molecule has 1 N–H and O–H groups in total. The molecule has 0 aliphatic carbocycles. The van der Waals surface area contributed by atoms with Crippen molar-refractivity contribution < 1.29 is 14.3 Å². The van der Waals surface area contributed by atoms with Crippen molar-refractivity contribution in [2.75, 3.05) is 46.0 Å². The Bertz CT molecular complexity index is 845. The molecule has 2 aromatic rings. The van der Waals surface area contributed by atoms with Crippen molar-refractivity contribution in [3.05, 3.63) is 36.0 Å². The molecule has 2 aliphatic heterocycles. The smallest absolute Gasteiger partial charge is 0.269 e. The summed E-state index contributed by atoms with van der Waals surface area (Å²) in [6.07, 6.45) is 8.25. The number of amides is 1. The van der Waals surface area contributed by atoms with Crippen molar-refractivity contribution in [3.63, 3.8) is 0 Å². The molecule has 6 heteroatoms. The van der Waals surface area contributed by atoms with Crippen LogP contribution < -0.4 is 10.1 Å². The second kappa shape index (κ2) is 11.4. The van der Waals surface area contributed by atoms with Gasteiger partial charge in [0.1, 0.15) is 11.4 Å². The second-order valence-corrected chi connectivity index (χ2v) is 8.76. The second-order valence-electron chi connectivity index (χ2n) is 8.76. The van der Waals surface area contributed by atoms with Crippen LogP contribution in [0.2, 0.25) is 0 Å². The Morgan fingerprint density at radius 2 is 1.97 bits per heavy atom. The first-order chi connectivity index (χ1) is 15.3. The van der Waals surface area contributed by atoms with Crippen LogP contribution >= 0.6 is 0 Å². The topological polar surface area (TPSA) is 63.7 Å². The molecule has 31 heavy (non-hydrogen) atoms. The third-order valence-corrected chi connectivity index (χ3v) is 6.41. The van der Waals surface area contributed by atoms with Gasteiger partial charge in [-0.15, -0.1) is 0 Å². The molecule has 0 spiro atoms. The number of hydrogen-bond donors (Lipinski definition) is 1. The average Bonchev–Trinajstić information content (AvgIpc) is 2.83. The van der Waals surface area contributed by atoms with E-state index in [0.717, 1.165) is 68.7 Å². The van der Waals surface area contributed by atoms with Gasteiger partial charge >= 0.3 is 0 Å².